The topological polar surface area (TPSA) is 59.5 Å². The van der Waals surface area contributed by atoms with Crippen molar-refractivity contribution in [3.63, 3.8) is 0 Å². The van der Waals surface area contributed by atoms with Gasteiger partial charge in [-0.3, -0.25) is 4.98 Å². The van der Waals surface area contributed by atoms with Crippen LogP contribution in [0.15, 0.2) is 42.5 Å². The van der Waals surface area contributed by atoms with E-state index < -0.39 is 10.0 Å². The zero-order chi connectivity index (χ0) is 17.2. The lowest BCUT2D eigenvalue weighted by Crippen LogP contribution is -2.38. The van der Waals surface area contributed by atoms with Crippen molar-refractivity contribution >= 4 is 10.0 Å². The maximum Gasteiger partial charge on any atom is 0.211 e. The van der Waals surface area contributed by atoms with E-state index in [9.17, 15) is 8.42 Å². The minimum absolute atomic E-state index is 0.138. The maximum atomic E-state index is 11.8. The normalized spacial score (nSPS) is 19.2. The number of hydrogen-bond acceptors (Lipinski definition) is 4. The molecular weight excluding hydrogens is 324 g/mol. The number of nitrogens with zero attached hydrogens (tertiary/aromatic N) is 2. The minimum Gasteiger partial charge on any atom is -0.497 e. The molecule has 0 saturated carbocycles. The van der Waals surface area contributed by atoms with E-state index in [1.807, 2.05) is 42.5 Å². The summed E-state index contributed by atoms with van der Waals surface area (Å²) in [4.78, 5) is 4.78. The first kappa shape index (κ1) is 16.9. The van der Waals surface area contributed by atoms with Crippen LogP contribution in [0.5, 0.6) is 5.75 Å². The lowest BCUT2D eigenvalue weighted by atomic mass is 9.95. The number of piperidine rings is 1. The van der Waals surface area contributed by atoms with Gasteiger partial charge in [-0.2, -0.15) is 0 Å². The van der Waals surface area contributed by atoms with Crippen LogP contribution in [-0.4, -0.2) is 44.2 Å². The van der Waals surface area contributed by atoms with Gasteiger partial charge >= 0.3 is 0 Å². The molecule has 5 nitrogen and oxygen atoms in total. The molecule has 3 rings (SSSR count). The van der Waals surface area contributed by atoms with Crippen molar-refractivity contribution in [3.8, 4) is 17.0 Å². The van der Waals surface area contributed by atoms with Crippen molar-refractivity contribution in [1.29, 1.82) is 0 Å². The quantitative estimate of drug-likeness (QED) is 0.854. The van der Waals surface area contributed by atoms with Gasteiger partial charge in [0, 0.05) is 30.3 Å². The number of rotatable bonds is 4. The van der Waals surface area contributed by atoms with Gasteiger partial charge in [0.05, 0.1) is 19.1 Å². The molecule has 2 heterocycles. The molecular formula is C18H22N2O3S. The third-order valence-electron chi connectivity index (χ3n) is 4.41. The highest BCUT2D eigenvalue weighted by molar-refractivity contribution is 7.88. The summed E-state index contributed by atoms with van der Waals surface area (Å²) < 4.78 is 30.5. The molecule has 0 bridgehead atoms. The number of ether oxygens (including phenoxy) is 1. The summed E-state index contributed by atoms with van der Waals surface area (Å²) in [6, 6.07) is 13.7. The molecule has 1 saturated heterocycles. The first-order valence-electron chi connectivity index (χ1n) is 8.04. The van der Waals surface area contributed by atoms with Gasteiger partial charge in [-0.1, -0.05) is 18.2 Å². The number of hydrogen-bond donors (Lipinski definition) is 0. The van der Waals surface area contributed by atoms with Crippen molar-refractivity contribution in [2.45, 2.75) is 18.8 Å². The summed E-state index contributed by atoms with van der Waals surface area (Å²) in [5.41, 5.74) is 2.82. The number of pyridine rings is 1. The van der Waals surface area contributed by atoms with Crippen LogP contribution in [-0.2, 0) is 10.0 Å². The van der Waals surface area contributed by atoms with E-state index in [-0.39, 0.29) is 5.92 Å². The standard InChI is InChI=1S/C18H22N2O3S/c1-23-16-8-3-6-14(12-16)17-9-4-10-18(19-17)15-7-5-11-20(13-15)24(2,21)22/h3-4,6,8-10,12,15H,5,7,11,13H2,1-2H3. The molecule has 24 heavy (non-hydrogen) atoms. The van der Waals surface area contributed by atoms with Crippen LogP contribution in [0.2, 0.25) is 0 Å². The Kier molecular flexibility index (Phi) is 4.87. The smallest absolute Gasteiger partial charge is 0.211 e. The number of benzene rings is 1. The SMILES string of the molecule is COc1cccc(-c2cccc(C3CCCN(S(C)(=O)=O)C3)n2)c1. The molecule has 1 unspecified atom stereocenters. The molecule has 1 aliphatic heterocycles. The predicted octanol–water partition coefficient (Wildman–Crippen LogP) is 2.90. The molecule has 128 valence electrons. The van der Waals surface area contributed by atoms with E-state index >= 15 is 0 Å². The Hall–Kier alpha value is -1.92. The molecule has 1 fully saturated rings. The Morgan fingerprint density at radius 2 is 2.00 bits per heavy atom. The van der Waals surface area contributed by atoms with Crippen molar-refractivity contribution in [1.82, 2.24) is 9.29 Å². The molecule has 0 aliphatic carbocycles. The highest BCUT2D eigenvalue weighted by atomic mass is 32.2. The lowest BCUT2D eigenvalue weighted by molar-refractivity contribution is 0.314. The monoisotopic (exact) mass is 346 g/mol. The highest BCUT2D eigenvalue weighted by Gasteiger charge is 2.27. The van der Waals surface area contributed by atoms with Crippen LogP contribution in [0.1, 0.15) is 24.5 Å². The molecule has 1 atom stereocenters. The van der Waals surface area contributed by atoms with E-state index in [0.29, 0.717) is 13.1 Å². The second-order valence-corrected chi connectivity index (χ2v) is 8.12. The van der Waals surface area contributed by atoms with Crippen LogP contribution in [0, 0.1) is 0 Å². The lowest BCUT2D eigenvalue weighted by Gasteiger charge is -2.30. The summed E-state index contributed by atoms with van der Waals surface area (Å²) in [5, 5.41) is 0. The number of aromatic nitrogens is 1. The number of sulfonamides is 1. The van der Waals surface area contributed by atoms with Gasteiger partial charge in [0.1, 0.15) is 5.75 Å². The van der Waals surface area contributed by atoms with Crippen LogP contribution in [0.25, 0.3) is 11.3 Å². The van der Waals surface area contributed by atoms with Gasteiger partial charge < -0.3 is 4.74 Å². The molecule has 2 aromatic rings. The molecule has 0 N–H and O–H groups in total. The Morgan fingerprint density at radius 3 is 2.75 bits per heavy atom. The van der Waals surface area contributed by atoms with E-state index in [1.54, 1.807) is 11.4 Å². The average Bonchev–Trinajstić information content (AvgIpc) is 2.61. The molecule has 1 aromatic carbocycles. The molecule has 0 amide bonds. The highest BCUT2D eigenvalue weighted by Crippen LogP contribution is 2.29. The van der Waals surface area contributed by atoms with Crippen LogP contribution in [0.3, 0.4) is 0 Å². The molecule has 0 spiro atoms. The second-order valence-electron chi connectivity index (χ2n) is 6.14. The van der Waals surface area contributed by atoms with Crippen LogP contribution in [0.4, 0.5) is 0 Å². The predicted molar refractivity (Wildman–Crippen MR) is 94.6 cm³/mol. The van der Waals surface area contributed by atoms with Crippen LogP contribution < -0.4 is 4.74 Å². The summed E-state index contributed by atoms with van der Waals surface area (Å²) in [6.45, 7) is 1.11. The Morgan fingerprint density at radius 1 is 1.21 bits per heavy atom. The van der Waals surface area contributed by atoms with Crippen molar-refractivity contribution < 1.29 is 13.2 Å². The van der Waals surface area contributed by atoms with Gasteiger partial charge in [0.15, 0.2) is 0 Å². The van der Waals surface area contributed by atoms with Crippen molar-refractivity contribution in [2.75, 3.05) is 26.5 Å². The zero-order valence-electron chi connectivity index (χ0n) is 14.0. The second kappa shape index (κ2) is 6.91. The van der Waals surface area contributed by atoms with E-state index in [4.69, 9.17) is 9.72 Å². The third-order valence-corrected chi connectivity index (χ3v) is 5.68. The molecule has 1 aromatic heterocycles. The van der Waals surface area contributed by atoms with Gasteiger partial charge in [0.2, 0.25) is 10.0 Å². The van der Waals surface area contributed by atoms with Crippen LogP contribution >= 0.6 is 0 Å². The fourth-order valence-electron chi connectivity index (χ4n) is 3.11. The van der Waals surface area contributed by atoms with Crippen molar-refractivity contribution in [3.05, 3.63) is 48.2 Å². The number of methoxy groups -OCH3 is 1. The minimum atomic E-state index is -3.15. The summed E-state index contributed by atoms with van der Waals surface area (Å²) >= 11 is 0. The molecule has 6 heteroatoms. The zero-order valence-corrected chi connectivity index (χ0v) is 14.8. The van der Waals surface area contributed by atoms with Gasteiger partial charge in [-0.15, -0.1) is 0 Å². The fraction of sp³-hybridized carbons (Fsp3) is 0.389. The van der Waals surface area contributed by atoms with E-state index in [2.05, 4.69) is 0 Å². The maximum absolute atomic E-state index is 11.8. The summed E-state index contributed by atoms with van der Waals surface area (Å²) in [7, 11) is -1.51. The van der Waals surface area contributed by atoms with E-state index in [1.165, 1.54) is 6.26 Å². The Bertz CT molecular complexity index is 821. The first-order chi connectivity index (χ1) is 11.5. The Balaban J connectivity index is 1.87. The Labute approximate surface area is 143 Å². The van der Waals surface area contributed by atoms with Gasteiger partial charge in [0.25, 0.3) is 0 Å². The average molecular weight is 346 g/mol. The van der Waals surface area contributed by atoms with Crippen molar-refractivity contribution in [2.24, 2.45) is 0 Å². The van der Waals surface area contributed by atoms with Gasteiger partial charge in [-0.25, -0.2) is 12.7 Å². The summed E-state index contributed by atoms with van der Waals surface area (Å²) in [6.07, 6.45) is 3.10. The largest absolute Gasteiger partial charge is 0.497 e. The van der Waals surface area contributed by atoms with Gasteiger partial charge in [-0.05, 0) is 37.1 Å². The first-order valence-corrected chi connectivity index (χ1v) is 9.89. The van der Waals surface area contributed by atoms with E-state index in [0.717, 1.165) is 35.5 Å². The summed E-state index contributed by atoms with van der Waals surface area (Å²) in [5.74, 6) is 0.930. The fourth-order valence-corrected chi connectivity index (χ4v) is 4.02. The molecule has 1 aliphatic rings. The third kappa shape index (κ3) is 3.76. The molecule has 0 radical (unpaired) electrons.